The van der Waals surface area contributed by atoms with Gasteiger partial charge >= 0.3 is 11.9 Å². The van der Waals surface area contributed by atoms with Crippen LogP contribution < -0.4 is 0 Å². The van der Waals surface area contributed by atoms with E-state index in [0.29, 0.717) is 153 Å². The Morgan fingerprint density at radius 3 is 1.12 bits per heavy atom. The number of hydrogen-bond donors (Lipinski definition) is 8. The number of aliphatic hydroxyl groups excluding tert-OH is 6. The molecule has 8 N–H and O–H groups in total. The number of carbonyl (C=O) groups excluding carboxylic acids is 10. The summed E-state index contributed by atoms with van der Waals surface area (Å²) in [6, 6.07) is -2.35. The van der Waals surface area contributed by atoms with Crippen LogP contribution in [0.4, 0.5) is 0 Å². The molecule has 0 radical (unpaired) electrons. The van der Waals surface area contributed by atoms with Crippen LogP contribution in [0.1, 0.15) is 251 Å². The maximum atomic E-state index is 14.5. The van der Waals surface area contributed by atoms with Gasteiger partial charge in [-0.2, -0.15) is 0 Å². The van der Waals surface area contributed by atoms with Gasteiger partial charge in [0.05, 0.1) is 128 Å². The van der Waals surface area contributed by atoms with Gasteiger partial charge in [0.25, 0.3) is 23.4 Å². The molecule has 6 heterocycles. The van der Waals surface area contributed by atoms with E-state index in [-0.39, 0.29) is 175 Å². The highest BCUT2D eigenvalue weighted by atomic mass is 16.7. The number of nitrogens with zero attached hydrogens (tertiary/aromatic N) is 2. The number of carbonyl (C=O) groups is 10. The van der Waals surface area contributed by atoms with E-state index in [1.165, 1.54) is 24.0 Å². The number of fused-ring (bicyclic) bond motifs is 6. The zero-order valence-electron chi connectivity index (χ0n) is 90.2. The van der Waals surface area contributed by atoms with E-state index in [1.807, 2.05) is 102 Å². The molecule has 0 aromatic heterocycles. The molecule has 828 valence electrons. The van der Waals surface area contributed by atoms with Crippen molar-refractivity contribution in [3.05, 3.63) is 95.2 Å². The zero-order chi connectivity index (χ0) is 108. The molecular weight excluding hydrogens is 1890 g/mol. The number of methoxy groups -OCH3 is 4. The Bertz CT molecular complexity index is 4060. The Morgan fingerprint density at radius 1 is 0.411 bits per heavy atom. The minimum absolute atomic E-state index is 0.0192. The van der Waals surface area contributed by atoms with Crippen LogP contribution in [0.25, 0.3) is 0 Å². The number of rotatable bonds is 28. The van der Waals surface area contributed by atoms with Crippen LogP contribution in [0.2, 0.25) is 0 Å². The molecule has 2 amide bonds. The number of esters is 2. The predicted octanol–water partition coefficient (Wildman–Crippen LogP) is 11.2. The minimum Gasteiger partial charge on any atom is -0.460 e. The van der Waals surface area contributed by atoms with Crippen LogP contribution in [-0.4, -0.2) is 339 Å². The van der Waals surface area contributed by atoms with E-state index >= 15 is 0 Å². The Morgan fingerprint density at radius 2 is 0.767 bits per heavy atom. The fourth-order valence-corrected chi connectivity index (χ4v) is 21.3. The molecule has 2 saturated carbocycles. The number of piperidine rings is 2. The van der Waals surface area contributed by atoms with E-state index < -0.39 is 168 Å². The molecule has 6 fully saturated rings. The number of amides is 2. The highest BCUT2D eigenvalue weighted by Gasteiger charge is 2.56. The van der Waals surface area contributed by atoms with Gasteiger partial charge in [0, 0.05) is 103 Å². The molecule has 2 aliphatic carbocycles. The molecule has 146 heavy (non-hydrogen) atoms. The third-order valence-corrected chi connectivity index (χ3v) is 30.7. The van der Waals surface area contributed by atoms with Gasteiger partial charge in [-0.1, -0.05) is 142 Å². The van der Waals surface area contributed by atoms with Crippen molar-refractivity contribution in [2.75, 3.05) is 121 Å². The summed E-state index contributed by atoms with van der Waals surface area (Å²) in [5.74, 6) is -16.6. The Labute approximate surface area is 866 Å². The lowest BCUT2D eigenvalue weighted by molar-refractivity contribution is -0.266. The lowest BCUT2D eigenvalue weighted by atomic mass is 9.78. The first kappa shape index (κ1) is 126. The second-order valence-corrected chi connectivity index (χ2v) is 42.3. The summed E-state index contributed by atoms with van der Waals surface area (Å²) in [6.45, 7) is 27.7. The quantitative estimate of drug-likeness (QED) is 0.0156. The molecule has 30 atom stereocenters. The maximum absolute atomic E-state index is 14.5. The largest absolute Gasteiger partial charge is 0.460 e. The monoisotopic (exact) mass is 2060 g/mol. The molecule has 4 saturated heterocycles. The number of Topliss-reactive ketones (excluding diaryl/α,β-unsaturated/α-hetero) is 6. The summed E-state index contributed by atoms with van der Waals surface area (Å²) in [6.07, 6.45) is 20.9. The number of aliphatic hydroxyl groups is 8. The van der Waals surface area contributed by atoms with Crippen LogP contribution in [0, 0.1) is 71.0 Å². The van der Waals surface area contributed by atoms with Gasteiger partial charge in [-0.25, -0.2) is 9.59 Å². The van der Waals surface area contributed by atoms with Crippen molar-refractivity contribution in [2.45, 2.75) is 360 Å². The summed E-state index contributed by atoms with van der Waals surface area (Å²) < 4.78 is 82.0. The summed E-state index contributed by atoms with van der Waals surface area (Å²) in [5, 5.41) is 86.3. The van der Waals surface area contributed by atoms with Gasteiger partial charge in [0.15, 0.2) is 11.6 Å². The number of ketones is 6. The van der Waals surface area contributed by atoms with Gasteiger partial charge in [-0.3, -0.25) is 38.4 Å². The molecular formula is C112H178N2O32. The first-order chi connectivity index (χ1) is 69.5. The van der Waals surface area contributed by atoms with Crippen LogP contribution in [0.5, 0.6) is 0 Å². The summed E-state index contributed by atoms with van der Waals surface area (Å²) in [7, 11) is 5.87. The number of ether oxygens (including phenoxy) is 14. The van der Waals surface area contributed by atoms with E-state index in [9.17, 15) is 78.6 Å². The average Bonchev–Trinajstić information content (AvgIpc) is 0.773. The highest BCUT2D eigenvalue weighted by Crippen LogP contribution is 2.42. The normalized spacial score (nSPS) is 37.3. The first-order valence-electron chi connectivity index (χ1n) is 53.6. The molecule has 8 rings (SSSR count). The SMILES string of the molecule is CO[C@@H]1C[C@H](C[C@@H](C)[C@@H]2CC(=O)[C@H](C)/C=C(\C)[C@@H](O)[C@@H](OC)C(=O)[C@H](C)C[C@H](C)/C=C/C=C/C=C(\C)[C@@H](OCCOCCOCCO)C[C@@H]3CC[C@@H](C)[C@@](O)(O3)C(=O)C(=O)N3CCCC[C@H]3C(=O)O2)CC[C@H]1O.CO[C@@H]1C[C@H](C[C@@H](C)[C@@H]2CC(=O)[C@H](C)/C=C(\C)[C@@H](O)[C@@H](OC)C(=O)[C@H](C)C[C@H](C)/C=C/C=C/C=C(\C)[C@H](OCCOCCOCCO)C[C@@H]3CC[C@@H](C)[C@@](O)(O3)C(=O)C(=O)N3CCCC[C@H]3C(=O)O2)CC[C@H]1O. The van der Waals surface area contributed by atoms with Gasteiger partial charge in [-0.05, 0) is 214 Å². The molecule has 4 bridgehead atoms. The Balaban J connectivity index is 0.000000396. The van der Waals surface area contributed by atoms with Crippen molar-refractivity contribution in [2.24, 2.45) is 71.0 Å². The molecule has 34 nitrogen and oxygen atoms in total. The van der Waals surface area contributed by atoms with Crippen LogP contribution >= 0.6 is 0 Å². The Kier molecular flexibility index (Phi) is 55.3. The predicted molar refractivity (Wildman–Crippen MR) is 546 cm³/mol. The first-order valence-corrected chi connectivity index (χ1v) is 53.6. The fourth-order valence-electron chi connectivity index (χ4n) is 21.3. The van der Waals surface area contributed by atoms with E-state index in [0.717, 1.165) is 11.1 Å². The Hall–Kier alpha value is -6.98. The third kappa shape index (κ3) is 38.4. The van der Waals surface area contributed by atoms with Crippen molar-refractivity contribution in [3.8, 4) is 0 Å². The molecule has 0 aromatic carbocycles. The highest BCUT2D eigenvalue weighted by molar-refractivity contribution is 6.39. The molecule has 34 heteroatoms. The summed E-state index contributed by atoms with van der Waals surface area (Å²) in [4.78, 5) is 145. The van der Waals surface area contributed by atoms with E-state index in [2.05, 4.69) is 0 Å². The van der Waals surface area contributed by atoms with Crippen molar-refractivity contribution < 1.29 is 155 Å². The lowest BCUT2D eigenvalue weighted by Crippen LogP contribution is -2.61. The number of allylic oxidation sites excluding steroid dienone is 12. The topological polar surface area (TPSA) is 468 Å². The molecule has 6 aliphatic heterocycles. The van der Waals surface area contributed by atoms with E-state index in [4.69, 9.17) is 76.5 Å². The van der Waals surface area contributed by atoms with Gasteiger partial charge in [0.1, 0.15) is 60.3 Å². The smallest absolute Gasteiger partial charge is 0.329 e. The van der Waals surface area contributed by atoms with Crippen molar-refractivity contribution >= 4 is 58.5 Å². The lowest BCUT2D eigenvalue weighted by Gasteiger charge is -2.43. The summed E-state index contributed by atoms with van der Waals surface area (Å²) >= 11 is 0. The third-order valence-electron chi connectivity index (χ3n) is 30.7. The van der Waals surface area contributed by atoms with Gasteiger partial charge < -0.3 is 117 Å². The zero-order valence-corrected chi connectivity index (χ0v) is 90.2. The second kappa shape index (κ2) is 64.1. The van der Waals surface area contributed by atoms with Crippen molar-refractivity contribution in [1.82, 2.24) is 9.80 Å². The van der Waals surface area contributed by atoms with Gasteiger partial charge in [-0.15, -0.1) is 0 Å². The molecule has 8 aliphatic rings. The minimum atomic E-state index is -2.49. The molecule has 0 spiro atoms. The average molecular weight is 2060 g/mol. The number of hydrogen-bond acceptors (Lipinski definition) is 32. The number of cyclic esters (lactones) is 2. The fraction of sp³-hybridized carbons (Fsp3) is 0.768. The van der Waals surface area contributed by atoms with Crippen molar-refractivity contribution in [3.63, 3.8) is 0 Å². The summed E-state index contributed by atoms with van der Waals surface area (Å²) in [5.41, 5.74) is 2.39. The second-order valence-electron chi connectivity index (χ2n) is 42.3. The molecule has 0 aromatic rings. The molecule has 0 unspecified atom stereocenters. The van der Waals surface area contributed by atoms with Gasteiger partial charge in [0.2, 0.25) is 11.6 Å². The van der Waals surface area contributed by atoms with Crippen LogP contribution in [-0.2, 0) is 114 Å². The van der Waals surface area contributed by atoms with E-state index in [1.54, 1.807) is 81.8 Å². The maximum Gasteiger partial charge on any atom is 0.329 e. The van der Waals surface area contributed by atoms with Crippen LogP contribution in [0.15, 0.2) is 95.2 Å². The van der Waals surface area contributed by atoms with Crippen LogP contribution in [0.3, 0.4) is 0 Å². The van der Waals surface area contributed by atoms with Crippen molar-refractivity contribution in [1.29, 1.82) is 0 Å². The standard InChI is InChI=1S/2C56H89NO16/c2*1-35-15-11-10-12-16-36(2)47(71-28-27-70-26-25-69-24-23-58)33-43-20-18-41(7)56(66,73-43)53(63)54(64)57-22-14-13-17-44(57)55(65)72-48(38(4)31-42-19-21-45(59)49(32-42)67-8)34-46(60)37(3)30-40(6)51(62)52(68-9)50(61)39(5)29-35/h2*10-12,15-16,30,35,37-39,41-45,47-49,51-52,58-59,62,66H,13-14,17-29,31-34H2,1-9H3/b2*12-10+,15-11+,36-16+,40-30+/t35-,37-,38-,39-,41-,42+,43+,44+,45-,47+,48+,49-,51-,52+,56-;35-,37-,38-,39-,41-,42+,43+,44+,45-,47-,48+,49-,51-,52+,56-/m11/s1.